The van der Waals surface area contributed by atoms with Gasteiger partial charge in [0, 0.05) is 25.8 Å². The van der Waals surface area contributed by atoms with E-state index in [1.807, 2.05) is 4.57 Å². The number of imidazole rings is 1. The topological polar surface area (TPSA) is 73.4 Å². The molecule has 1 saturated heterocycles. The highest BCUT2D eigenvalue weighted by atomic mass is 16.5. The normalized spacial score (nSPS) is 22.9. The zero-order valence-electron chi connectivity index (χ0n) is 11.0. The van der Waals surface area contributed by atoms with Crippen molar-refractivity contribution in [1.82, 2.24) is 14.5 Å². The highest BCUT2D eigenvalue weighted by Gasteiger charge is 2.42. The van der Waals surface area contributed by atoms with E-state index in [1.165, 1.54) is 6.42 Å². The molecule has 103 valence electrons. The maximum absolute atomic E-state index is 11.4. The lowest BCUT2D eigenvalue weighted by atomic mass is 9.75. The predicted molar refractivity (Wildman–Crippen MR) is 68.7 cm³/mol. The van der Waals surface area contributed by atoms with E-state index >= 15 is 0 Å². The summed E-state index contributed by atoms with van der Waals surface area (Å²) in [4.78, 5) is 17.8. The van der Waals surface area contributed by atoms with E-state index in [0.29, 0.717) is 5.82 Å². The van der Waals surface area contributed by atoms with Gasteiger partial charge in [-0.1, -0.05) is 0 Å². The number of hydrogen-bond donors (Lipinski definition) is 1. The lowest BCUT2D eigenvalue weighted by Gasteiger charge is -2.47. The van der Waals surface area contributed by atoms with Gasteiger partial charge in [0.15, 0.2) is 5.82 Å². The van der Waals surface area contributed by atoms with E-state index in [2.05, 4.69) is 16.1 Å². The molecule has 6 nitrogen and oxygen atoms in total. The number of nitrogens with zero attached hydrogens (tertiary/aromatic N) is 3. The molecular weight excluding hydrogens is 244 g/mol. The van der Waals surface area contributed by atoms with E-state index in [4.69, 9.17) is 10.5 Å². The summed E-state index contributed by atoms with van der Waals surface area (Å²) >= 11 is 0. The van der Waals surface area contributed by atoms with Crippen LogP contribution >= 0.6 is 0 Å². The fourth-order valence-electron chi connectivity index (χ4n) is 3.03. The van der Waals surface area contributed by atoms with Crippen LogP contribution < -0.4 is 5.73 Å². The minimum atomic E-state index is -0.477. The first-order valence-corrected chi connectivity index (χ1v) is 6.77. The van der Waals surface area contributed by atoms with Gasteiger partial charge < -0.3 is 15.0 Å². The Labute approximate surface area is 112 Å². The smallest absolute Gasteiger partial charge is 0.284 e. The highest BCUT2D eigenvalue weighted by Crippen LogP contribution is 2.40. The molecule has 1 radical (unpaired) electrons. The Kier molecular flexibility index (Phi) is 3.28. The molecule has 1 aromatic heterocycles. The molecule has 0 atom stereocenters. The van der Waals surface area contributed by atoms with Gasteiger partial charge in [-0.15, -0.1) is 0 Å². The number of amides is 1. The first-order valence-electron chi connectivity index (χ1n) is 6.77. The maximum atomic E-state index is 11.4. The number of nitrogens with two attached hydrogens (primary N) is 1. The molecule has 2 N–H and O–H groups in total. The molecule has 0 aromatic carbocycles. The molecule has 2 aliphatic rings. The van der Waals surface area contributed by atoms with Gasteiger partial charge >= 0.3 is 0 Å². The summed E-state index contributed by atoms with van der Waals surface area (Å²) in [6.07, 6.45) is 7.83. The molecule has 1 amide bonds. The van der Waals surface area contributed by atoms with Crippen LogP contribution in [0.5, 0.6) is 0 Å². The van der Waals surface area contributed by atoms with Crippen LogP contribution in [0.4, 0.5) is 0 Å². The van der Waals surface area contributed by atoms with Crippen LogP contribution in [0, 0.1) is 6.20 Å². The van der Waals surface area contributed by atoms with Gasteiger partial charge in [0.05, 0.1) is 18.8 Å². The molecular formula is C13H19N4O2. The molecule has 1 aromatic rings. The van der Waals surface area contributed by atoms with Crippen LogP contribution in [0.3, 0.4) is 0 Å². The Morgan fingerprint density at radius 3 is 2.79 bits per heavy atom. The van der Waals surface area contributed by atoms with Gasteiger partial charge in [0.25, 0.3) is 5.91 Å². The predicted octanol–water partition coefficient (Wildman–Crippen LogP) is -0.00641. The van der Waals surface area contributed by atoms with Crippen molar-refractivity contribution >= 4 is 5.91 Å². The number of morpholine rings is 1. The summed E-state index contributed by atoms with van der Waals surface area (Å²) in [5.41, 5.74) is 5.36. The summed E-state index contributed by atoms with van der Waals surface area (Å²) < 4.78 is 7.32. The van der Waals surface area contributed by atoms with E-state index in [-0.39, 0.29) is 5.54 Å². The SMILES string of the molecule is NC(=O)c1n[c]cn1C1(CN2CCOCC2)CCC1. The van der Waals surface area contributed by atoms with Crippen LogP contribution in [0.25, 0.3) is 0 Å². The van der Waals surface area contributed by atoms with Crippen LogP contribution in [-0.2, 0) is 10.3 Å². The zero-order chi connectivity index (χ0) is 13.3. The summed E-state index contributed by atoms with van der Waals surface area (Å²) in [7, 11) is 0. The fraction of sp³-hybridized carbons (Fsp3) is 0.692. The third-order valence-corrected chi connectivity index (χ3v) is 4.22. The molecule has 0 unspecified atom stereocenters. The molecule has 2 heterocycles. The highest BCUT2D eigenvalue weighted by molar-refractivity contribution is 5.89. The second-order valence-corrected chi connectivity index (χ2v) is 5.39. The Hall–Kier alpha value is -1.40. The lowest BCUT2D eigenvalue weighted by Crippen LogP contribution is -2.53. The number of carbonyl (C=O) groups excluding carboxylic acids is 1. The number of carbonyl (C=O) groups is 1. The third kappa shape index (κ3) is 2.26. The average molecular weight is 263 g/mol. The average Bonchev–Trinajstić information content (AvgIpc) is 2.84. The van der Waals surface area contributed by atoms with E-state index in [9.17, 15) is 4.79 Å². The van der Waals surface area contributed by atoms with E-state index in [0.717, 1.165) is 45.7 Å². The van der Waals surface area contributed by atoms with Crippen molar-refractivity contribution in [2.45, 2.75) is 24.8 Å². The van der Waals surface area contributed by atoms with Gasteiger partial charge in [-0.05, 0) is 19.3 Å². The van der Waals surface area contributed by atoms with Crippen molar-refractivity contribution < 1.29 is 9.53 Å². The van der Waals surface area contributed by atoms with E-state index in [1.54, 1.807) is 6.20 Å². The first-order chi connectivity index (χ1) is 9.21. The van der Waals surface area contributed by atoms with Crippen LogP contribution in [0.2, 0.25) is 0 Å². The molecule has 1 saturated carbocycles. The summed E-state index contributed by atoms with van der Waals surface area (Å²) in [6.45, 7) is 4.41. The number of aromatic nitrogens is 2. The van der Waals surface area contributed by atoms with Crippen molar-refractivity contribution in [1.29, 1.82) is 0 Å². The van der Waals surface area contributed by atoms with Crippen LogP contribution in [0.1, 0.15) is 29.9 Å². The molecule has 3 rings (SSSR count). The van der Waals surface area contributed by atoms with Crippen LogP contribution in [-0.4, -0.2) is 53.2 Å². The van der Waals surface area contributed by atoms with Crippen LogP contribution in [0.15, 0.2) is 6.20 Å². The summed E-state index contributed by atoms with van der Waals surface area (Å²) in [6, 6.07) is 0. The van der Waals surface area contributed by atoms with Crippen molar-refractivity contribution in [3.05, 3.63) is 18.2 Å². The Bertz CT molecular complexity index is 461. The minimum Gasteiger partial charge on any atom is -0.379 e. The van der Waals surface area contributed by atoms with Crippen molar-refractivity contribution in [3.63, 3.8) is 0 Å². The monoisotopic (exact) mass is 263 g/mol. The molecule has 6 heteroatoms. The zero-order valence-corrected chi connectivity index (χ0v) is 11.0. The number of primary amides is 1. The minimum absolute atomic E-state index is 0.0330. The Balaban J connectivity index is 1.81. The van der Waals surface area contributed by atoms with Crippen molar-refractivity contribution in [2.24, 2.45) is 5.73 Å². The van der Waals surface area contributed by atoms with E-state index < -0.39 is 5.91 Å². The molecule has 1 aliphatic carbocycles. The molecule has 0 spiro atoms. The third-order valence-electron chi connectivity index (χ3n) is 4.22. The second kappa shape index (κ2) is 4.94. The van der Waals surface area contributed by atoms with Crippen molar-refractivity contribution in [2.75, 3.05) is 32.8 Å². The quantitative estimate of drug-likeness (QED) is 0.829. The van der Waals surface area contributed by atoms with Gasteiger partial charge in [-0.2, -0.15) is 0 Å². The van der Waals surface area contributed by atoms with Gasteiger partial charge in [0.2, 0.25) is 0 Å². The van der Waals surface area contributed by atoms with Gasteiger partial charge in [-0.3, -0.25) is 9.69 Å². The number of ether oxygens (including phenoxy) is 1. The largest absolute Gasteiger partial charge is 0.379 e. The van der Waals surface area contributed by atoms with Gasteiger partial charge in [-0.25, -0.2) is 4.98 Å². The molecule has 1 aliphatic heterocycles. The summed E-state index contributed by atoms with van der Waals surface area (Å²) in [5, 5.41) is 0. The first kappa shape index (κ1) is 12.6. The molecule has 0 bridgehead atoms. The standard InChI is InChI=1S/C13H19N4O2/c14-11(18)12-15-4-5-17(12)13(2-1-3-13)10-16-6-8-19-9-7-16/h5H,1-3,6-10H2,(H2,14,18). The van der Waals surface area contributed by atoms with Crippen molar-refractivity contribution in [3.8, 4) is 0 Å². The van der Waals surface area contributed by atoms with Gasteiger partial charge in [0.1, 0.15) is 6.20 Å². The number of rotatable bonds is 4. The lowest BCUT2D eigenvalue weighted by molar-refractivity contribution is -0.00124. The number of hydrogen-bond acceptors (Lipinski definition) is 4. The second-order valence-electron chi connectivity index (χ2n) is 5.39. The summed E-state index contributed by atoms with van der Waals surface area (Å²) in [5.74, 6) is -0.150. The maximum Gasteiger partial charge on any atom is 0.284 e. The molecule has 2 fully saturated rings. The fourth-order valence-corrected chi connectivity index (χ4v) is 3.03. The Morgan fingerprint density at radius 1 is 1.47 bits per heavy atom. The molecule has 19 heavy (non-hydrogen) atoms. The Morgan fingerprint density at radius 2 is 2.21 bits per heavy atom.